The Balaban J connectivity index is 1.85. The first-order chi connectivity index (χ1) is 16.8. The molecule has 0 bridgehead atoms. The van der Waals surface area contributed by atoms with E-state index in [1.165, 1.54) is 18.3 Å². The van der Waals surface area contributed by atoms with E-state index in [2.05, 4.69) is 10.4 Å². The van der Waals surface area contributed by atoms with Crippen molar-refractivity contribution in [3.05, 3.63) is 85.8 Å². The maximum absolute atomic E-state index is 12.9. The molecule has 9 nitrogen and oxygen atoms in total. The summed E-state index contributed by atoms with van der Waals surface area (Å²) in [5, 5.41) is 34.8. The van der Waals surface area contributed by atoms with Crippen LogP contribution < -0.4 is 10.9 Å². The van der Waals surface area contributed by atoms with Crippen LogP contribution in [0.5, 0.6) is 0 Å². The molecule has 2 aromatic carbocycles. The van der Waals surface area contributed by atoms with Crippen molar-refractivity contribution in [2.24, 2.45) is 0 Å². The first kappa shape index (κ1) is 26.4. The van der Waals surface area contributed by atoms with E-state index in [-0.39, 0.29) is 48.2 Å². The first-order valence-electron chi connectivity index (χ1n) is 10.6. The van der Waals surface area contributed by atoms with Gasteiger partial charge in [0.25, 0.3) is 11.5 Å². The molecule has 0 saturated heterocycles. The van der Waals surface area contributed by atoms with Crippen LogP contribution in [0.4, 0.5) is 0 Å². The number of aliphatic carboxylic acids is 1. The standard InChI is InChI=1S/C24H23Cl2N3O6/c25-17-2-1-3-18(26)21(17)22(32)28-19(24(34)35)12-14-4-6-15(7-5-14)20-16(8-10-30)13-27-29(9-11-31)23(20)33/h1-7,13,19,30-31H,8-12H2,(H,28,32)(H,34,35)/t19-/m0/s1. The van der Waals surface area contributed by atoms with E-state index in [1.807, 2.05) is 0 Å². The Labute approximate surface area is 210 Å². The number of aromatic nitrogens is 2. The lowest BCUT2D eigenvalue weighted by Gasteiger charge is -2.16. The summed E-state index contributed by atoms with van der Waals surface area (Å²) in [4.78, 5) is 37.3. The Hall–Kier alpha value is -3.24. The summed E-state index contributed by atoms with van der Waals surface area (Å²) in [6, 6.07) is 9.89. The van der Waals surface area contributed by atoms with Crippen molar-refractivity contribution in [3.8, 4) is 11.1 Å². The predicted molar refractivity (Wildman–Crippen MR) is 131 cm³/mol. The van der Waals surface area contributed by atoms with Gasteiger partial charge in [0.15, 0.2) is 0 Å². The second-order valence-corrected chi connectivity index (χ2v) is 8.45. The third-order valence-corrected chi connectivity index (χ3v) is 5.92. The summed E-state index contributed by atoms with van der Waals surface area (Å²) in [6.07, 6.45) is 1.67. The summed E-state index contributed by atoms with van der Waals surface area (Å²) in [5.41, 5.74) is 1.61. The molecular formula is C24H23Cl2N3O6. The Kier molecular flexibility index (Phi) is 9.00. The molecule has 1 amide bonds. The summed E-state index contributed by atoms with van der Waals surface area (Å²) < 4.78 is 1.14. The van der Waals surface area contributed by atoms with E-state index >= 15 is 0 Å². The monoisotopic (exact) mass is 519 g/mol. The van der Waals surface area contributed by atoms with Crippen LogP contribution in [-0.4, -0.2) is 56.2 Å². The van der Waals surface area contributed by atoms with Gasteiger partial charge in [0.1, 0.15) is 6.04 Å². The zero-order chi connectivity index (χ0) is 25.5. The highest BCUT2D eigenvalue weighted by molar-refractivity contribution is 6.39. The minimum absolute atomic E-state index is 0.00862. The minimum Gasteiger partial charge on any atom is -0.480 e. The highest BCUT2D eigenvalue weighted by Crippen LogP contribution is 2.25. The minimum atomic E-state index is -1.26. The number of nitrogens with one attached hydrogen (secondary N) is 1. The van der Waals surface area contributed by atoms with Gasteiger partial charge in [-0.25, -0.2) is 9.48 Å². The number of carboxylic acid groups (broad SMARTS) is 1. The zero-order valence-electron chi connectivity index (χ0n) is 18.4. The topological polar surface area (TPSA) is 142 Å². The van der Waals surface area contributed by atoms with E-state index in [4.69, 9.17) is 23.2 Å². The van der Waals surface area contributed by atoms with Gasteiger partial charge in [-0.3, -0.25) is 9.59 Å². The number of carbonyl (C=O) groups excluding carboxylic acids is 1. The number of aliphatic hydroxyl groups excluding tert-OH is 2. The van der Waals surface area contributed by atoms with Gasteiger partial charge < -0.3 is 20.6 Å². The second-order valence-electron chi connectivity index (χ2n) is 7.63. The summed E-state index contributed by atoms with van der Waals surface area (Å²) in [6.45, 7) is -0.406. The highest BCUT2D eigenvalue weighted by atomic mass is 35.5. The quantitative estimate of drug-likeness (QED) is 0.321. The van der Waals surface area contributed by atoms with Crippen molar-refractivity contribution >= 4 is 35.1 Å². The van der Waals surface area contributed by atoms with Gasteiger partial charge in [0.2, 0.25) is 0 Å². The Bertz CT molecular complexity index is 1260. The maximum Gasteiger partial charge on any atom is 0.326 e. The molecule has 0 spiro atoms. The molecule has 0 unspecified atom stereocenters. The number of nitrogens with zero attached hydrogens (tertiary/aromatic N) is 2. The molecule has 1 heterocycles. The van der Waals surface area contributed by atoms with Crippen LogP contribution in [0.2, 0.25) is 10.0 Å². The van der Waals surface area contributed by atoms with Crippen LogP contribution in [0, 0.1) is 0 Å². The van der Waals surface area contributed by atoms with Gasteiger partial charge in [-0.2, -0.15) is 5.10 Å². The van der Waals surface area contributed by atoms with Crippen LogP contribution in [0.15, 0.2) is 53.5 Å². The van der Waals surface area contributed by atoms with Crippen molar-refractivity contribution in [3.63, 3.8) is 0 Å². The number of carboxylic acids is 1. The summed E-state index contributed by atoms with van der Waals surface area (Å²) in [5.74, 6) is -1.95. The molecule has 184 valence electrons. The summed E-state index contributed by atoms with van der Waals surface area (Å²) >= 11 is 12.1. The van der Waals surface area contributed by atoms with Gasteiger partial charge in [0, 0.05) is 13.0 Å². The number of rotatable bonds is 10. The highest BCUT2D eigenvalue weighted by Gasteiger charge is 2.24. The SMILES string of the molecule is O=C(N[C@@H](Cc1ccc(-c2c(CCO)cnn(CCO)c2=O)cc1)C(=O)O)c1c(Cl)cccc1Cl. The number of carbonyl (C=O) groups is 2. The van der Waals surface area contributed by atoms with E-state index in [9.17, 15) is 29.7 Å². The maximum atomic E-state index is 12.9. The van der Waals surface area contributed by atoms with Crippen LogP contribution in [0.25, 0.3) is 11.1 Å². The normalized spacial score (nSPS) is 11.8. The van der Waals surface area contributed by atoms with Gasteiger partial charge in [-0.15, -0.1) is 0 Å². The molecule has 0 radical (unpaired) electrons. The van der Waals surface area contributed by atoms with Gasteiger partial charge in [-0.1, -0.05) is 53.5 Å². The van der Waals surface area contributed by atoms with Crippen LogP contribution in [0.3, 0.4) is 0 Å². The van der Waals surface area contributed by atoms with Crippen molar-refractivity contribution in [2.75, 3.05) is 13.2 Å². The third kappa shape index (κ3) is 6.26. The molecule has 35 heavy (non-hydrogen) atoms. The molecule has 3 aromatic rings. The number of amides is 1. The van der Waals surface area contributed by atoms with Crippen molar-refractivity contribution in [2.45, 2.75) is 25.4 Å². The van der Waals surface area contributed by atoms with E-state index in [1.54, 1.807) is 30.3 Å². The molecule has 4 N–H and O–H groups in total. The lowest BCUT2D eigenvalue weighted by atomic mass is 9.98. The summed E-state index contributed by atoms with van der Waals surface area (Å²) in [7, 11) is 0. The van der Waals surface area contributed by atoms with E-state index < -0.39 is 23.5 Å². The molecule has 1 atom stereocenters. The van der Waals surface area contributed by atoms with Crippen LogP contribution >= 0.6 is 23.2 Å². The molecule has 0 fully saturated rings. The van der Waals surface area contributed by atoms with Crippen molar-refractivity contribution in [1.29, 1.82) is 0 Å². The van der Waals surface area contributed by atoms with Crippen LogP contribution in [0.1, 0.15) is 21.5 Å². The number of hydrogen-bond acceptors (Lipinski definition) is 6. The lowest BCUT2D eigenvalue weighted by molar-refractivity contribution is -0.139. The Morgan fingerprint density at radius 3 is 2.26 bits per heavy atom. The smallest absolute Gasteiger partial charge is 0.326 e. The average Bonchev–Trinajstić information content (AvgIpc) is 2.81. The number of aliphatic hydroxyl groups is 2. The fraction of sp³-hybridized carbons (Fsp3) is 0.250. The number of benzene rings is 2. The molecule has 3 rings (SSSR count). The van der Waals surface area contributed by atoms with Gasteiger partial charge >= 0.3 is 5.97 Å². The van der Waals surface area contributed by atoms with Gasteiger partial charge in [0.05, 0.1) is 40.5 Å². The molecule has 0 aliphatic heterocycles. The Morgan fingerprint density at radius 1 is 1.03 bits per heavy atom. The molecule has 0 aliphatic rings. The van der Waals surface area contributed by atoms with E-state index in [0.29, 0.717) is 22.3 Å². The second kappa shape index (κ2) is 11.9. The lowest BCUT2D eigenvalue weighted by Crippen LogP contribution is -2.42. The molecule has 0 aliphatic carbocycles. The van der Waals surface area contributed by atoms with E-state index in [0.717, 1.165) is 4.68 Å². The average molecular weight is 520 g/mol. The molecule has 11 heteroatoms. The Morgan fingerprint density at radius 2 is 1.69 bits per heavy atom. The van der Waals surface area contributed by atoms with Gasteiger partial charge in [-0.05, 0) is 35.2 Å². The third-order valence-electron chi connectivity index (χ3n) is 5.29. The molecule has 0 saturated carbocycles. The number of hydrogen-bond donors (Lipinski definition) is 4. The zero-order valence-corrected chi connectivity index (χ0v) is 20.0. The first-order valence-corrected chi connectivity index (χ1v) is 11.4. The fourth-order valence-corrected chi connectivity index (χ4v) is 4.15. The largest absolute Gasteiger partial charge is 0.480 e. The van der Waals surface area contributed by atoms with Crippen LogP contribution in [-0.2, 0) is 24.2 Å². The molecular weight excluding hydrogens is 497 g/mol. The number of halogens is 2. The van der Waals surface area contributed by atoms with Crippen molar-refractivity contribution < 1.29 is 24.9 Å². The van der Waals surface area contributed by atoms with Crippen molar-refractivity contribution in [1.82, 2.24) is 15.1 Å². The molecule has 1 aromatic heterocycles. The fourth-order valence-electron chi connectivity index (χ4n) is 3.58. The predicted octanol–water partition coefficient (Wildman–Crippen LogP) is 2.17.